The first-order chi connectivity index (χ1) is 14.1. The normalized spacial score (nSPS) is 11.0. The summed E-state index contributed by atoms with van der Waals surface area (Å²) in [4.78, 5) is 16.8. The van der Waals surface area contributed by atoms with E-state index in [9.17, 15) is 4.79 Å². The number of aromatic nitrogens is 3. The van der Waals surface area contributed by atoms with E-state index < -0.39 is 5.97 Å². The molecule has 2 aromatic carbocycles. The van der Waals surface area contributed by atoms with E-state index in [2.05, 4.69) is 10.1 Å². The predicted molar refractivity (Wildman–Crippen MR) is 110 cm³/mol. The molecule has 146 valence electrons. The molecule has 6 heteroatoms. The molecule has 0 N–H and O–H groups in total. The third-order valence-electron chi connectivity index (χ3n) is 4.44. The van der Waals surface area contributed by atoms with Crippen molar-refractivity contribution in [1.29, 1.82) is 0 Å². The van der Waals surface area contributed by atoms with Crippen molar-refractivity contribution in [2.24, 2.45) is 0 Å². The van der Waals surface area contributed by atoms with Gasteiger partial charge in [0.05, 0.1) is 11.8 Å². The zero-order valence-electron chi connectivity index (χ0n) is 16.3. The average Bonchev–Trinajstić information content (AvgIpc) is 3.17. The molecule has 0 spiro atoms. The van der Waals surface area contributed by atoms with Crippen LogP contribution in [0.3, 0.4) is 0 Å². The standard InChI is InChI=1S/C23H21N3O3/c1-16(2)26-22-18(14-25-26)12-19(13-24-22)23(27)29-21-10-8-20(9-11-21)28-15-17-6-4-3-5-7-17/h3-14,16H,15H2,1-2H3. The largest absolute Gasteiger partial charge is 0.489 e. The van der Waals surface area contributed by atoms with Crippen molar-refractivity contribution in [3.05, 3.63) is 84.2 Å². The van der Waals surface area contributed by atoms with Crippen LogP contribution >= 0.6 is 0 Å². The van der Waals surface area contributed by atoms with Crippen LogP contribution in [0.25, 0.3) is 11.0 Å². The molecule has 0 radical (unpaired) electrons. The minimum atomic E-state index is -0.463. The molecule has 0 bridgehead atoms. The maximum atomic E-state index is 12.5. The summed E-state index contributed by atoms with van der Waals surface area (Å²) in [5, 5.41) is 5.12. The Kier molecular flexibility index (Phi) is 5.24. The van der Waals surface area contributed by atoms with E-state index in [-0.39, 0.29) is 6.04 Å². The molecule has 0 aliphatic carbocycles. The first kappa shape index (κ1) is 18.7. The third-order valence-corrected chi connectivity index (χ3v) is 4.44. The number of carbonyl (C=O) groups is 1. The Morgan fingerprint density at radius 3 is 2.45 bits per heavy atom. The highest BCUT2D eigenvalue weighted by Crippen LogP contribution is 2.21. The van der Waals surface area contributed by atoms with Gasteiger partial charge in [-0.1, -0.05) is 30.3 Å². The summed E-state index contributed by atoms with van der Waals surface area (Å²) in [6.07, 6.45) is 3.22. The lowest BCUT2D eigenvalue weighted by atomic mass is 10.2. The molecule has 0 unspecified atom stereocenters. The van der Waals surface area contributed by atoms with E-state index >= 15 is 0 Å². The summed E-state index contributed by atoms with van der Waals surface area (Å²) in [5.41, 5.74) is 2.22. The van der Waals surface area contributed by atoms with E-state index in [4.69, 9.17) is 9.47 Å². The maximum Gasteiger partial charge on any atom is 0.345 e. The van der Waals surface area contributed by atoms with E-state index in [0.717, 1.165) is 16.6 Å². The fourth-order valence-corrected chi connectivity index (χ4v) is 2.94. The first-order valence-corrected chi connectivity index (χ1v) is 9.42. The van der Waals surface area contributed by atoms with E-state index in [1.807, 2.05) is 48.9 Å². The molecule has 6 nitrogen and oxygen atoms in total. The molecule has 29 heavy (non-hydrogen) atoms. The van der Waals surface area contributed by atoms with Crippen molar-refractivity contribution in [2.75, 3.05) is 0 Å². The molecule has 4 aromatic rings. The highest BCUT2D eigenvalue weighted by atomic mass is 16.5. The van der Waals surface area contributed by atoms with E-state index in [1.165, 1.54) is 6.20 Å². The number of benzene rings is 2. The van der Waals surface area contributed by atoms with Crippen molar-refractivity contribution >= 4 is 17.0 Å². The minimum Gasteiger partial charge on any atom is -0.489 e. The van der Waals surface area contributed by atoms with Crippen LogP contribution < -0.4 is 9.47 Å². The summed E-state index contributed by atoms with van der Waals surface area (Å²) >= 11 is 0. The predicted octanol–water partition coefficient (Wildman–Crippen LogP) is 4.81. The lowest BCUT2D eigenvalue weighted by Crippen LogP contribution is -2.09. The second-order valence-corrected chi connectivity index (χ2v) is 6.95. The number of esters is 1. The average molecular weight is 387 g/mol. The second-order valence-electron chi connectivity index (χ2n) is 6.95. The smallest absolute Gasteiger partial charge is 0.345 e. The van der Waals surface area contributed by atoms with Crippen molar-refractivity contribution in [2.45, 2.75) is 26.5 Å². The molecule has 0 fully saturated rings. The molecular weight excluding hydrogens is 366 g/mol. The van der Waals surface area contributed by atoms with E-state index in [0.29, 0.717) is 23.7 Å². The highest BCUT2D eigenvalue weighted by molar-refractivity contribution is 5.94. The fourth-order valence-electron chi connectivity index (χ4n) is 2.94. The molecule has 0 aliphatic heterocycles. The minimum absolute atomic E-state index is 0.195. The molecule has 0 aliphatic rings. The van der Waals surface area contributed by atoms with Gasteiger partial charge in [0.25, 0.3) is 0 Å². The van der Waals surface area contributed by atoms with Crippen molar-refractivity contribution in [1.82, 2.24) is 14.8 Å². The van der Waals surface area contributed by atoms with Crippen LogP contribution in [0, 0.1) is 0 Å². The van der Waals surface area contributed by atoms with Crippen LogP contribution in [0.5, 0.6) is 11.5 Å². The van der Waals surface area contributed by atoms with Gasteiger partial charge in [-0.05, 0) is 49.7 Å². The van der Waals surface area contributed by atoms with Gasteiger partial charge in [-0.3, -0.25) is 0 Å². The molecule has 0 amide bonds. The van der Waals surface area contributed by atoms with Gasteiger partial charge in [-0.15, -0.1) is 0 Å². The molecule has 4 rings (SSSR count). The van der Waals surface area contributed by atoms with Crippen molar-refractivity contribution in [3.8, 4) is 11.5 Å². The van der Waals surface area contributed by atoms with Gasteiger partial charge >= 0.3 is 5.97 Å². The van der Waals surface area contributed by atoms with Crippen LogP contribution in [0.1, 0.15) is 35.8 Å². The van der Waals surface area contributed by atoms with Gasteiger partial charge in [0.15, 0.2) is 5.65 Å². The molecule has 2 heterocycles. The van der Waals surface area contributed by atoms with Gasteiger partial charge in [-0.25, -0.2) is 14.5 Å². The summed E-state index contributed by atoms with van der Waals surface area (Å²) in [5.74, 6) is 0.688. The number of fused-ring (bicyclic) bond motifs is 1. The number of rotatable bonds is 6. The Morgan fingerprint density at radius 2 is 1.72 bits per heavy atom. The quantitative estimate of drug-likeness (QED) is 0.351. The maximum absolute atomic E-state index is 12.5. The highest BCUT2D eigenvalue weighted by Gasteiger charge is 2.13. The zero-order valence-corrected chi connectivity index (χ0v) is 16.3. The number of hydrogen-bond donors (Lipinski definition) is 0. The van der Waals surface area contributed by atoms with Gasteiger partial charge in [0.1, 0.15) is 18.1 Å². The second kappa shape index (κ2) is 8.14. The zero-order chi connectivity index (χ0) is 20.2. The van der Waals surface area contributed by atoms with Gasteiger partial charge in [0.2, 0.25) is 0 Å². The SMILES string of the molecule is CC(C)n1ncc2cc(C(=O)Oc3ccc(OCc4ccccc4)cc3)cnc21. The summed E-state index contributed by atoms with van der Waals surface area (Å²) < 4.78 is 13.0. The van der Waals surface area contributed by atoms with Crippen LogP contribution in [-0.2, 0) is 6.61 Å². The molecule has 0 saturated heterocycles. The van der Waals surface area contributed by atoms with Crippen LogP contribution in [0.4, 0.5) is 0 Å². The first-order valence-electron chi connectivity index (χ1n) is 9.42. The third kappa shape index (κ3) is 4.27. The molecule has 0 saturated carbocycles. The summed E-state index contributed by atoms with van der Waals surface area (Å²) in [7, 11) is 0. The lowest BCUT2D eigenvalue weighted by molar-refractivity contribution is 0.0734. The molecule has 2 aromatic heterocycles. The Hall–Kier alpha value is -3.67. The number of ether oxygens (including phenoxy) is 2. The number of nitrogens with zero attached hydrogens (tertiary/aromatic N) is 3. The van der Waals surface area contributed by atoms with E-state index in [1.54, 1.807) is 36.5 Å². The fraction of sp³-hybridized carbons (Fsp3) is 0.174. The van der Waals surface area contributed by atoms with Gasteiger partial charge in [0, 0.05) is 17.6 Å². The van der Waals surface area contributed by atoms with Gasteiger partial charge < -0.3 is 9.47 Å². The Morgan fingerprint density at radius 1 is 1.00 bits per heavy atom. The Balaban J connectivity index is 1.41. The van der Waals surface area contributed by atoms with Crippen molar-refractivity contribution in [3.63, 3.8) is 0 Å². The van der Waals surface area contributed by atoms with Crippen LogP contribution in [0.2, 0.25) is 0 Å². The summed E-state index contributed by atoms with van der Waals surface area (Å²) in [6, 6.07) is 18.8. The van der Waals surface area contributed by atoms with Gasteiger partial charge in [-0.2, -0.15) is 5.10 Å². The van der Waals surface area contributed by atoms with Crippen molar-refractivity contribution < 1.29 is 14.3 Å². The summed E-state index contributed by atoms with van der Waals surface area (Å²) in [6.45, 7) is 4.54. The Bertz CT molecular complexity index is 1120. The van der Waals surface area contributed by atoms with Crippen LogP contribution in [0.15, 0.2) is 73.1 Å². The lowest BCUT2D eigenvalue weighted by Gasteiger charge is -2.08. The topological polar surface area (TPSA) is 66.2 Å². The molecular formula is C23H21N3O3. The number of hydrogen-bond acceptors (Lipinski definition) is 5. The monoisotopic (exact) mass is 387 g/mol. The number of pyridine rings is 1. The number of carbonyl (C=O) groups excluding carboxylic acids is 1. The Labute approximate surface area is 168 Å². The molecule has 0 atom stereocenters. The van der Waals surface area contributed by atoms with Crippen LogP contribution in [-0.4, -0.2) is 20.7 Å².